The number of halogens is 2. The fourth-order valence-corrected chi connectivity index (χ4v) is 8.60. The van der Waals surface area contributed by atoms with E-state index in [2.05, 4.69) is 31.6 Å². The smallest absolute Gasteiger partial charge is 0.315 e. The molecule has 4 atom stereocenters. The maximum Gasteiger partial charge on any atom is 0.315 e. The first-order valence-corrected chi connectivity index (χ1v) is 20.9. The Morgan fingerprint density at radius 1 is 1.05 bits per heavy atom. The van der Waals surface area contributed by atoms with Gasteiger partial charge in [-0.1, -0.05) is 23.8 Å². The van der Waals surface area contributed by atoms with Crippen molar-refractivity contribution in [2.45, 2.75) is 120 Å². The first-order chi connectivity index (χ1) is 27.6. The van der Waals surface area contributed by atoms with Gasteiger partial charge in [0.25, 0.3) is 5.91 Å². The zero-order valence-corrected chi connectivity index (χ0v) is 34.5. The van der Waals surface area contributed by atoms with Crippen molar-refractivity contribution in [1.29, 1.82) is 0 Å². The highest BCUT2D eigenvalue weighted by molar-refractivity contribution is 8.00. The number of ether oxygens (including phenoxy) is 2. The molecule has 6 N–H and O–H groups in total. The molecule has 2 saturated heterocycles. The zero-order chi connectivity index (χ0) is 41.9. The minimum Gasteiger partial charge on any atom is -0.480 e. The highest BCUT2D eigenvalue weighted by Gasteiger charge is 2.42. The van der Waals surface area contributed by atoms with E-state index in [1.807, 2.05) is 39.5 Å². The first kappa shape index (κ1) is 44.5. The third-order valence-corrected chi connectivity index (χ3v) is 11.7. The molecule has 2 aliphatic heterocycles. The van der Waals surface area contributed by atoms with E-state index in [-0.39, 0.29) is 36.0 Å². The monoisotopic (exact) mass is 826 g/mol. The van der Waals surface area contributed by atoms with E-state index in [9.17, 15) is 28.0 Å². The van der Waals surface area contributed by atoms with Crippen molar-refractivity contribution < 1.29 is 37.4 Å². The number of rotatable bonds is 23. The second-order valence-electron chi connectivity index (χ2n) is 16.2. The molecule has 2 aromatic carbocycles. The number of fused-ring (bicyclic) bond motifs is 1. The van der Waals surface area contributed by atoms with Crippen molar-refractivity contribution in [3.8, 4) is 11.4 Å². The molecule has 0 bridgehead atoms. The Morgan fingerprint density at radius 2 is 1.81 bits per heavy atom. The van der Waals surface area contributed by atoms with Gasteiger partial charge in [-0.25, -0.2) is 18.3 Å². The van der Waals surface area contributed by atoms with Gasteiger partial charge in [0.2, 0.25) is 5.91 Å². The van der Waals surface area contributed by atoms with Gasteiger partial charge >= 0.3 is 6.03 Å². The van der Waals surface area contributed by atoms with Gasteiger partial charge in [-0.3, -0.25) is 14.4 Å². The Labute approximate surface area is 342 Å². The average molecular weight is 827 g/mol. The van der Waals surface area contributed by atoms with Crippen LogP contribution in [0.4, 0.5) is 13.6 Å². The summed E-state index contributed by atoms with van der Waals surface area (Å²) in [5, 5.41) is 20.8. The number of nitrogens with two attached hydrogens (primary N) is 1. The lowest BCUT2D eigenvalue weighted by Crippen LogP contribution is -2.44. The molecule has 3 heterocycles. The molecule has 0 aliphatic carbocycles. The molecule has 17 heteroatoms. The Morgan fingerprint density at radius 3 is 2.57 bits per heavy atom. The van der Waals surface area contributed by atoms with Crippen LogP contribution in [0.2, 0.25) is 0 Å². The van der Waals surface area contributed by atoms with E-state index in [1.165, 1.54) is 6.07 Å². The molecular weight excluding hydrogens is 771 g/mol. The van der Waals surface area contributed by atoms with Crippen LogP contribution in [-0.2, 0) is 20.7 Å². The number of hydrogen-bond acceptors (Lipinski definition) is 10. The van der Waals surface area contributed by atoms with Crippen molar-refractivity contribution in [2.75, 3.05) is 25.5 Å². The third-order valence-electron chi connectivity index (χ3n) is 10.2. The number of hydrogen-bond donors (Lipinski definition) is 5. The van der Waals surface area contributed by atoms with E-state index >= 15 is 0 Å². The van der Waals surface area contributed by atoms with Crippen molar-refractivity contribution in [2.24, 2.45) is 5.73 Å². The largest absolute Gasteiger partial charge is 0.480 e. The van der Waals surface area contributed by atoms with Crippen molar-refractivity contribution in [1.82, 2.24) is 36.3 Å². The van der Waals surface area contributed by atoms with Gasteiger partial charge in [-0.2, -0.15) is 11.8 Å². The molecule has 0 saturated carbocycles. The second-order valence-corrected chi connectivity index (χ2v) is 17.4. The lowest BCUT2D eigenvalue weighted by atomic mass is 9.99. The number of aromatic nitrogens is 3. The number of thioether (sulfide) groups is 1. The lowest BCUT2D eigenvalue weighted by Gasteiger charge is -2.30. The summed E-state index contributed by atoms with van der Waals surface area (Å²) in [5.41, 5.74) is 6.07. The summed E-state index contributed by atoms with van der Waals surface area (Å²) >= 11 is 1.88. The Bertz CT molecular complexity index is 1870. The third kappa shape index (κ3) is 12.9. The van der Waals surface area contributed by atoms with Gasteiger partial charge in [0, 0.05) is 41.6 Å². The molecule has 0 spiro atoms. The minimum absolute atomic E-state index is 0.00935. The summed E-state index contributed by atoms with van der Waals surface area (Å²) in [6.07, 6.45) is 7.37. The van der Waals surface area contributed by atoms with Gasteiger partial charge in [-0.05, 0) is 103 Å². The predicted molar refractivity (Wildman–Crippen MR) is 217 cm³/mol. The summed E-state index contributed by atoms with van der Waals surface area (Å²) < 4.78 is 41.1. The number of unbranched alkanes of at least 4 members (excludes halogenated alkanes) is 2. The van der Waals surface area contributed by atoms with Crippen LogP contribution in [-0.4, -0.2) is 98.6 Å². The highest BCUT2D eigenvalue weighted by atomic mass is 32.2. The lowest BCUT2D eigenvalue weighted by molar-refractivity contribution is -0.124. The van der Waals surface area contributed by atoms with Crippen LogP contribution in [0.25, 0.3) is 5.69 Å². The molecule has 3 aromatic rings. The molecule has 1 aromatic heterocycles. The molecule has 0 radical (unpaired) electrons. The summed E-state index contributed by atoms with van der Waals surface area (Å²) in [7, 11) is 0. The molecule has 58 heavy (non-hydrogen) atoms. The standard InChI is InChI=1S/C41H56F2N8O6S/c1-40(2,48-35(53)17-6-5-16-34-36-32(25-58-34)46-39(55)47-36)18-20-57-41(3,4)22-27-23-51(50-49-27)28-12-9-11-26(21-28)38(54)45-31(15-7-8-19-44)33(52)24-56-37-29(42)13-10-14-30(37)43/h9-14,21,23,31-32,34,36H,5-8,15-20,22,24-25,44H2,1-4H3,(H,45,54)(H,48,53)(H2,46,47,55)/t31?,32-,34-,36-/m0/s1. The second kappa shape index (κ2) is 20.4. The van der Waals surface area contributed by atoms with Gasteiger partial charge in [0.1, 0.15) is 6.61 Å². The van der Waals surface area contributed by atoms with Gasteiger partial charge < -0.3 is 36.5 Å². The van der Waals surface area contributed by atoms with Crippen LogP contribution in [0.3, 0.4) is 0 Å². The summed E-state index contributed by atoms with van der Waals surface area (Å²) in [5.74, 6) is -2.64. The van der Waals surface area contributed by atoms with Crippen molar-refractivity contribution >= 4 is 35.4 Å². The number of Topliss-reactive ketones (excluding diaryl/α,β-unsaturated/α-hetero) is 1. The quantitative estimate of drug-likeness (QED) is 0.0658. The molecule has 14 nitrogen and oxygen atoms in total. The Balaban J connectivity index is 1.06. The number of carbonyl (C=O) groups is 4. The average Bonchev–Trinajstić information content (AvgIpc) is 3.88. The van der Waals surface area contributed by atoms with E-state index in [0.29, 0.717) is 61.9 Å². The molecule has 316 valence electrons. The zero-order valence-electron chi connectivity index (χ0n) is 33.7. The number of ketones is 1. The van der Waals surface area contributed by atoms with Crippen LogP contribution in [0.5, 0.6) is 5.75 Å². The minimum atomic E-state index is -0.971. The number of urea groups is 1. The van der Waals surface area contributed by atoms with E-state index in [4.69, 9.17) is 15.2 Å². The van der Waals surface area contributed by atoms with Crippen LogP contribution in [0, 0.1) is 11.6 Å². The number of carbonyl (C=O) groups excluding carboxylic acids is 4. The van der Waals surface area contributed by atoms with Crippen LogP contribution in [0.15, 0.2) is 48.7 Å². The van der Waals surface area contributed by atoms with E-state index in [0.717, 1.165) is 37.1 Å². The fraction of sp³-hybridized carbons (Fsp3) is 0.561. The van der Waals surface area contributed by atoms with E-state index in [1.54, 1.807) is 35.1 Å². The molecule has 4 amide bonds. The van der Waals surface area contributed by atoms with E-state index < -0.39 is 52.9 Å². The van der Waals surface area contributed by atoms with Gasteiger partial charge in [0.15, 0.2) is 23.2 Å². The molecule has 5 rings (SSSR count). The number of amides is 4. The number of para-hydroxylation sites is 1. The number of benzene rings is 2. The maximum atomic E-state index is 14.1. The fourth-order valence-electron chi connectivity index (χ4n) is 7.05. The first-order valence-electron chi connectivity index (χ1n) is 19.9. The maximum absolute atomic E-state index is 14.1. The SMILES string of the molecule is CC(C)(CCOC(C)(C)Cc1cn(-c2cccc(C(=O)NC(CCCCN)C(=O)COc3c(F)cccc3F)c2)nn1)NC(=O)CCCC[C@@H]1SC[C@@H]2NC(=O)N[C@@H]21. The van der Waals surface area contributed by atoms with Crippen LogP contribution in [0.1, 0.15) is 95.1 Å². The van der Waals surface area contributed by atoms with Crippen molar-refractivity contribution in [3.05, 3.63) is 71.6 Å². The molecule has 2 fully saturated rings. The summed E-state index contributed by atoms with van der Waals surface area (Å²) in [6, 6.07) is 9.26. The Hall–Kier alpha value is -4.61. The number of nitrogens with zero attached hydrogens (tertiary/aromatic N) is 3. The molecular formula is C41H56F2N8O6S. The topological polar surface area (TPSA) is 192 Å². The number of nitrogens with one attached hydrogen (secondary N) is 4. The molecule has 1 unspecified atom stereocenters. The molecule has 2 aliphatic rings. The Kier molecular flexibility index (Phi) is 15.6. The summed E-state index contributed by atoms with van der Waals surface area (Å²) in [4.78, 5) is 50.9. The predicted octanol–water partition coefficient (Wildman–Crippen LogP) is 4.77. The summed E-state index contributed by atoms with van der Waals surface area (Å²) in [6.45, 7) is 8.07. The van der Waals surface area contributed by atoms with Gasteiger partial charge in [0.05, 0.1) is 41.3 Å². The van der Waals surface area contributed by atoms with Crippen molar-refractivity contribution in [3.63, 3.8) is 0 Å². The highest BCUT2D eigenvalue weighted by Crippen LogP contribution is 2.33. The van der Waals surface area contributed by atoms with Crippen LogP contribution >= 0.6 is 11.8 Å². The van der Waals surface area contributed by atoms with Crippen LogP contribution < -0.4 is 31.7 Å². The normalized spacial score (nSPS) is 18.3. The van der Waals surface area contributed by atoms with Gasteiger partial charge in [-0.15, -0.1) is 5.10 Å².